The van der Waals surface area contributed by atoms with Gasteiger partial charge in [0.2, 0.25) is 0 Å². The van der Waals surface area contributed by atoms with Crippen molar-refractivity contribution < 1.29 is 13.2 Å². The molecule has 4 heterocycles. The number of aromatic nitrogens is 3. The van der Waals surface area contributed by atoms with Crippen LogP contribution in [0.2, 0.25) is 0 Å². The fourth-order valence-electron chi connectivity index (χ4n) is 4.73. The van der Waals surface area contributed by atoms with Crippen molar-refractivity contribution in [2.75, 3.05) is 32.7 Å². The summed E-state index contributed by atoms with van der Waals surface area (Å²) in [6.45, 7) is 4.52. The van der Waals surface area contributed by atoms with Crippen molar-refractivity contribution in [2.45, 2.75) is 19.0 Å². The van der Waals surface area contributed by atoms with Crippen molar-refractivity contribution in [3.63, 3.8) is 0 Å². The summed E-state index contributed by atoms with van der Waals surface area (Å²) in [7, 11) is 1.95. The van der Waals surface area contributed by atoms with E-state index in [1.165, 1.54) is 6.07 Å². The number of nitrogens with one attached hydrogen (secondary N) is 1. The van der Waals surface area contributed by atoms with Crippen LogP contribution < -0.4 is 5.32 Å². The van der Waals surface area contributed by atoms with Gasteiger partial charge in [-0.15, -0.1) is 0 Å². The molecular formula is C25H26F3N5. The van der Waals surface area contributed by atoms with E-state index in [4.69, 9.17) is 0 Å². The molecule has 0 amide bonds. The molecule has 1 aliphatic heterocycles. The number of pyridine rings is 2. The quantitative estimate of drug-likeness (QED) is 0.478. The van der Waals surface area contributed by atoms with Gasteiger partial charge >= 0.3 is 6.18 Å². The third kappa shape index (κ3) is 4.32. The van der Waals surface area contributed by atoms with Gasteiger partial charge in [0, 0.05) is 73.7 Å². The first-order valence-electron chi connectivity index (χ1n) is 11.2. The standard InChI is InChI=1S/C25H26F3N5/c1-32-23-6-7-30-16-20(23)19-5-4-17(14-24(19)32)18-13-21(25(26,27)28)22(31-15-18)3-2-10-33-11-8-29-9-12-33/h4-7,13-16,29H,2-3,8-12H2,1H3. The van der Waals surface area contributed by atoms with Crippen molar-refractivity contribution >= 4 is 21.8 Å². The molecular weight excluding hydrogens is 427 g/mol. The van der Waals surface area contributed by atoms with E-state index < -0.39 is 11.7 Å². The number of piperazine rings is 1. The monoisotopic (exact) mass is 453 g/mol. The Morgan fingerprint density at radius 1 is 0.970 bits per heavy atom. The van der Waals surface area contributed by atoms with Crippen LogP contribution in [0, 0.1) is 0 Å². The Hall–Kier alpha value is -2.97. The molecule has 0 spiro atoms. The van der Waals surface area contributed by atoms with E-state index in [0.29, 0.717) is 24.0 Å². The zero-order valence-electron chi connectivity index (χ0n) is 18.5. The average molecular weight is 454 g/mol. The molecule has 5 rings (SSSR count). The van der Waals surface area contributed by atoms with Gasteiger partial charge in [-0.1, -0.05) is 12.1 Å². The maximum atomic E-state index is 13.9. The SMILES string of the molecule is Cn1c2ccncc2c2ccc(-c3cnc(CCCN4CCNCC4)c(C(F)(F)F)c3)cc21. The molecule has 3 aromatic heterocycles. The van der Waals surface area contributed by atoms with Crippen LogP contribution in [0.25, 0.3) is 32.9 Å². The van der Waals surface area contributed by atoms with Gasteiger partial charge in [0.05, 0.1) is 16.8 Å². The minimum absolute atomic E-state index is 0.123. The Kier molecular flexibility index (Phi) is 5.80. The molecule has 1 aromatic carbocycles. The molecule has 1 N–H and O–H groups in total. The first kappa shape index (κ1) is 21.9. The van der Waals surface area contributed by atoms with Gasteiger partial charge in [-0.2, -0.15) is 13.2 Å². The van der Waals surface area contributed by atoms with Gasteiger partial charge in [0.25, 0.3) is 0 Å². The van der Waals surface area contributed by atoms with Crippen LogP contribution in [0.15, 0.2) is 48.9 Å². The second-order valence-electron chi connectivity index (χ2n) is 8.59. The topological polar surface area (TPSA) is 46.0 Å². The highest BCUT2D eigenvalue weighted by atomic mass is 19.4. The number of benzene rings is 1. The molecule has 0 unspecified atom stereocenters. The Balaban J connectivity index is 1.45. The van der Waals surface area contributed by atoms with Gasteiger partial charge in [0.1, 0.15) is 0 Å². The minimum Gasteiger partial charge on any atom is -0.343 e. The minimum atomic E-state index is -4.44. The van der Waals surface area contributed by atoms with Gasteiger partial charge in [-0.25, -0.2) is 0 Å². The number of aryl methyl sites for hydroxylation is 2. The van der Waals surface area contributed by atoms with Crippen molar-refractivity contribution in [1.29, 1.82) is 0 Å². The van der Waals surface area contributed by atoms with Crippen LogP contribution in [0.4, 0.5) is 13.2 Å². The van der Waals surface area contributed by atoms with Crippen LogP contribution in [0.1, 0.15) is 17.7 Å². The molecule has 4 aromatic rings. The molecule has 8 heteroatoms. The Morgan fingerprint density at radius 3 is 2.58 bits per heavy atom. The predicted molar refractivity (Wildman–Crippen MR) is 124 cm³/mol. The average Bonchev–Trinajstić information content (AvgIpc) is 3.11. The van der Waals surface area contributed by atoms with Crippen LogP contribution in [0.5, 0.6) is 0 Å². The Morgan fingerprint density at radius 2 is 1.79 bits per heavy atom. The molecule has 33 heavy (non-hydrogen) atoms. The first-order chi connectivity index (χ1) is 15.9. The van der Waals surface area contributed by atoms with Crippen molar-refractivity contribution in [1.82, 2.24) is 24.8 Å². The first-order valence-corrected chi connectivity index (χ1v) is 11.2. The second kappa shape index (κ2) is 8.76. The summed E-state index contributed by atoms with van der Waals surface area (Å²) in [6.07, 6.45) is 1.65. The summed E-state index contributed by atoms with van der Waals surface area (Å²) >= 11 is 0. The summed E-state index contributed by atoms with van der Waals surface area (Å²) < 4.78 is 43.8. The third-order valence-electron chi connectivity index (χ3n) is 6.52. The highest BCUT2D eigenvalue weighted by Crippen LogP contribution is 2.36. The highest BCUT2D eigenvalue weighted by Gasteiger charge is 2.34. The summed E-state index contributed by atoms with van der Waals surface area (Å²) in [5, 5.41) is 5.34. The molecule has 5 nitrogen and oxygen atoms in total. The number of hydrogen-bond donors (Lipinski definition) is 1. The summed E-state index contributed by atoms with van der Waals surface area (Å²) in [5.41, 5.74) is 2.65. The van der Waals surface area contributed by atoms with Crippen molar-refractivity contribution in [3.05, 3.63) is 60.2 Å². The summed E-state index contributed by atoms with van der Waals surface area (Å²) in [4.78, 5) is 10.8. The fourth-order valence-corrected chi connectivity index (χ4v) is 4.73. The maximum Gasteiger partial charge on any atom is 0.418 e. The maximum absolute atomic E-state index is 13.9. The lowest BCUT2D eigenvalue weighted by Gasteiger charge is -2.27. The molecule has 0 atom stereocenters. The van der Waals surface area contributed by atoms with Gasteiger partial charge < -0.3 is 14.8 Å². The molecule has 0 bridgehead atoms. The van der Waals surface area contributed by atoms with E-state index in [9.17, 15) is 13.2 Å². The summed E-state index contributed by atoms with van der Waals surface area (Å²) in [6, 6.07) is 8.92. The number of halogens is 3. The van der Waals surface area contributed by atoms with E-state index in [1.54, 1.807) is 12.4 Å². The van der Waals surface area contributed by atoms with Gasteiger partial charge in [-0.3, -0.25) is 9.97 Å². The molecule has 1 aliphatic rings. The van der Waals surface area contributed by atoms with Crippen molar-refractivity contribution in [2.24, 2.45) is 7.05 Å². The smallest absolute Gasteiger partial charge is 0.343 e. The van der Waals surface area contributed by atoms with Crippen LogP contribution >= 0.6 is 0 Å². The predicted octanol–water partition coefficient (Wildman–Crippen LogP) is 4.65. The Labute approximate surface area is 190 Å². The second-order valence-corrected chi connectivity index (χ2v) is 8.59. The fraction of sp³-hybridized carbons (Fsp3) is 0.360. The number of hydrogen-bond acceptors (Lipinski definition) is 4. The van der Waals surface area contributed by atoms with E-state index in [1.807, 2.05) is 42.1 Å². The molecule has 0 radical (unpaired) electrons. The summed E-state index contributed by atoms with van der Waals surface area (Å²) in [5.74, 6) is 0. The molecule has 0 saturated carbocycles. The highest BCUT2D eigenvalue weighted by molar-refractivity contribution is 6.08. The lowest BCUT2D eigenvalue weighted by Crippen LogP contribution is -2.43. The normalized spacial score (nSPS) is 15.5. The zero-order valence-corrected chi connectivity index (χ0v) is 18.5. The van der Waals surface area contributed by atoms with E-state index in [0.717, 1.165) is 54.5 Å². The largest absolute Gasteiger partial charge is 0.418 e. The molecule has 0 aliphatic carbocycles. The lowest BCUT2D eigenvalue weighted by molar-refractivity contribution is -0.138. The number of fused-ring (bicyclic) bond motifs is 3. The van der Waals surface area contributed by atoms with Crippen LogP contribution in [-0.4, -0.2) is 52.2 Å². The molecule has 1 fully saturated rings. The van der Waals surface area contributed by atoms with E-state index in [-0.39, 0.29) is 5.69 Å². The molecule has 172 valence electrons. The van der Waals surface area contributed by atoms with Gasteiger partial charge in [-0.05, 0) is 43.1 Å². The zero-order chi connectivity index (χ0) is 23.0. The Bertz CT molecular complexity index is 1290. The number of nitrogens with zero attached hydrogens (tertiary/aromatic N) is 4. The number of alkyl halides is 3. The van der Waals surface area contributed by atoms with E-state index >= 15 is 0 Å². The lowest BCUT2D eigenvalue weighted by atomic mass is 10.0. The van der Waals surface area contributed by atoms with Crippen molar-refractivity contribution in [3.8, 4) is 11.1 Å². The molecule has 1 saturated heterocycles. The van der Waals surface area contributed by atoms with Crippen LogP contribution in [-0.2, 0) is 19.6 Å². The van der Waals surface area contributed by atoms with E-state index in [2.05, 4.69) is 20.2 Å². The van der Waals surface area contributed by atoms with Gasteiger partial charge in [0.15, 0.2) is 0 Å². The number of rotatable bonds is 5. The third-order valence-corrected chi connectivity index (χ3v) is 6.52. The van der Waals surface area contributed by atoms with Crippen LogP contribution in [0.3, 0.4) is 0 Å².